The summed E-state index contributed by atoms with van der Waals surface area (Å²) >= 11 is 5.59. The molecule has 0 heterocycles. The zero-order valence-electron chi connectivity index (χ0n) is 7.33. The van der Waals surface area contributed by atoms with E-state index in [4.69, 9.17) is 16.7 Å². The Morgan fingerprint density at radius 1 is 1.54 bits per heavy atom. The highest BCUT2D eigenvalue weighted by atomic mass is 35.5. The number of hydrogen-bond acceptors (Lipinski definition) is 1. The predicted octanol–water partition coefficient (Wildman–Crippen LogP) is 2.40. The van der Waals surface area contributed by atoms with Crippen LogP contribution in [0.3, 0.4) is 0 Å². The average molecular weight is 199 g/mol. The van der Waals surface area contributed by atoms with E-state index in [0.29, 0.717) is 0 Å². The molecule has 0 aliphatic rings. The van der Waals surface area contributed by atoms with Gasteiger partial charge in [-0.2, -0.15) is 0 Å². The molecule has 0 spiro atoms. The summed E-state index contributed by atoms with van der Waals surface area (Å²) in [5, 5.41) is 8.87. The van der Waals surface area contributed by atoms with E-state index < -0.39 is 11.9 Å². The SMILES string of the molecule is Cc1ccccc1C(CCl)C(=O)O. The zero-order valence-corrected chi connectivity index (χ0v) is 8.08. The molecule has 0 saturated heterocycles. The molecule has 1 atom stereocenters. The molecule has 0 fully saturated rings. The van der Waals surface area contributed by atoms with Crippen molar-refractivity contribution in [3.05, 3.63) is 35.4 Å². The van der Waals surface area contributed by atoms with Crippen molar-refractivity contribution in [2.45, 2.75) is 12.8 Å². The molecular formula is C10H11ClO2. The molecule has 0 amide bonds. The van der Waals surface area contributed by atoms with Crippen LogP contribution in [0.5, 0.6) is 0 Å². The van der Waals surface area contributed by atoms with Crippen molar-refractivity contribution >= 4 is 17.6 Å². The molecule has 0 radical (unpaired) electrons. The van der Waals surface area contributed by atoms with Crippen LogP contribution in [-0.4, -0.2) is 17.0 Å². The van der Waals surface area contributed by atoms with Gasteiger partial charge in [0.1, 0.15) is 0 Å². The van der Waals surface area contributed by atoms with Crippen molar-refractivity contribution < 1.29 is 9.90 Å². The first-order valence-electron chi connectivity index (χ1n) is 4.01. The molecule has 0 aliphatic carbocycles. The number of carboxylic acid groups (broad SMARTS) is 1. The van der Waals surface area contributed by atoms with Gasteiger partial charge < -0.3 is 5.11 Å². The lowest BCUT2D eigenvalue weighted by Crippen LogP contribution is -2.14. The Morgan fingerprint density at radius 3 is 2.62 bits per heavy atom. The van der Waals surface area contributed by atoms with Crippen molar-refractivity contribution in [2.75, 3.05) is 5.88 Å². The van der Waals surface area contributed by atoms with Gasteiger partial charge in [-0.1, -0.05) is 24.3 Å². The molecule has 0 saturated carbocycles. The molecule has 0 aromatic heterocycles. The predicted molar refractivity (Wildman–Crippen MR) is 52.3 cm³/mol. The minimum Gasteiger partial charge on any atom is -0.481 e. The Labute approximate surface area is 82.2 Å². The number of hydrogen-bond donors (Lipinski definition) is 1. The third-order valence-electron chi connectivity index (χ3n) is 2.02. The second-order valence-corrected chi connectivity index (χ2v) is 3.21. The van der Waals surface area contributed by atoms with Crippen LogP contribution in [0, 0.1) is 6.92 Å². The highest BCUT2D eigenvalue weighted by molar-refractivity contribution is 6.19. The fourth-order valence-electron chi connectivity index (χ4n) is 1.26. The molecule has 0 bridgehead atoms. The zero-order chi connectivity index (χ0) is 9.84. The molecule has 1 N–H and O–H groups in total. The largest absolute Gasteiger partial charge is 0.481 e. The van der Waals surface area contributed by atoms with E-state index in [1.807, 2.05) is 25.1 Å². The van der Waals surface area contributed by atoms with Crippen LogP contribution in [0.4, 0.5) is 0 Å². The van der Waals surface area contributed by atoms with Crippen molar-refractivity contribution in [1.29, 1.82) is 0 Å². The molecule has 0 aliphatic heterocycles. The quantitative estimate of drug-likeness (QED) is 0.758. The smallest absolute Gasteiger partial charge is 0.312 e. The van der Waals surface area contributed by atoms with Gasteiger partial charge in [-0.25, -0.2) is 0 Å². The molecule has 1 rings (SSSR count). The van der Waals surface area contributed by atoms with Gasteiger partial charge in [-0.15, -0.1) is 11.6 Å². The van der Waals surface area contributed by atoms with Crippen LogP contribution in [0.15, 0.2) is 24.3 Å². The second kappa shape index (κ2) is 4.28. The third-order valence-corrected chi connectivity index (χ3v) is 2.32. The monoisotopic (exact) mass is 198 g/mol. The number of halogens is 1. The van der Waals surface area contributed by atoms with E-state index in [1.54, 1.807) is 6.07 Å². The topological polar surface area (TPSA) is 37.3 Å². The van der Waals surface area contributed by atoms with Gasteiger partial charge in [0.25, 0.3) is 0 Å². The van der Waals surface area contributed by atoms with Gasteiger partial charge >= 0.3 is 5.97 Å². The maximum Gasteiger partial charge on any atom is 0.312 e. The highest BCUT2D eigenvalue weighted by Gasteiger charge is 2.19. The van der Waals surface area contributed by atoms with Crippen molar-refractivity contribution in [1.82, 2.24) is 0 Å². The summed E-state index contributed by atoms with van der Waals surface area (Å²) in [6, 6.07) is 7.39. The summed E-state index contributed by atoms with van der Waals surface area (Å²) in [5.41, 5.74) is 1.76. The number of alkyl halides is 1. The number of rotatable bonds is 3. The molecule has 2 nitrogen and oxygen atoms in total. The van der Waals surface area contributed by atoms with E-state index in [9.17, 15) is 4.79 Å². The molecule has 70 valence electrons. The summed E-state index contributed by atoms with van der Waals surface area (Å²) in [6.45, 7) is 1.89. The summed E-state index contributed by atoms with van der Waals surface area (Å²) in [4.78, 5) is 10.8. The number of aliphatic carboxylic acids is 1. The summed E-state index contributed by atoms with van der Waals surface area (Å²) in [5.74, 6) is -1.35. The number of benzene rings is 1. The Balaban J connectivity index is 3.04. The first kappa shape index (κ1) is 10.1. The van der Waals surface area contributed by atoms with Gasteiger partial charge in [0.15, 0.2) is 0 Å². The van der Waals surface area contributed by atoms with Crippen LogP contribution >= 0.6 is 11.6 Å². The maximum absolute atomic E-state index is 10.8. The van der Waals surface area contributed by atoms with Crippen molar-refractivity contribution in [3.63, 3.8) is 0 Å². The summed E-state index contributed by atoms with van der Waals surface area (Å²) in [7, 11) is 0. The van der Waals surface area contributed by atoms with Gasteiger partial charge in [0.05, 0.1) is 5.92 Å². The third kappa shape index (κ3) is 2.22. The standard InChI is InChI=1S/C10H11ClO2/c1-7-4-2-3-5-8(7)9(6-11)10(12)13/h2-5,9H,6H2,1H3,(H,12,13). The molecule has 1 aromatic rings. The number of carbonyl (C=O) groups is 1. The van der Waals surface area contributed by atoms with Crippen molar-refractivity contribution in [2.24, 2.45) is 0 Å². The molecule has 1 aromatic carbocycles. The van der Waals surface area contributed by atoms with E-state index in [1.165, 1.54) is 0 Å². The number of aryl methyl sites for hydroxylation is 1. The normalized spacial score (nSPS) is 12.5. The Kier molecular flexibility index (Phi) is 3.32. The van der Waals surface area contributed by atoms with Gasteiger partial charge in [-0.05, 0) is 18.1 Å². The lowest BCUT2D eigenvalue weighted by atomic mass is 9.97. The van der Waals surface area contributed by atoms with E-state index in [0.717, 1.165) is 11.1 Å². The van der Waals surface area contributed by atoms with Crippen LogP contribution in [0.1, 0.15) is 17.0 Å². The lowest BCUT2D eigenvalue weighted by Gasteiger charge is -2.11. The lowest BCUT2D eigenvalue weighted by molar-refractivity contribution is -0.138. The highest BCUT2D eigenvalue weighted by Crippen LogP contribution is 2.20. The first-order chi connectivity index (χ1) is 6.16. The average Bonchev–Trinajstić information content (AvgIpc) is 2.09. The van der Waals surface area contributed by atoms with E-state index in [-0.39, 0.29) is 5.88 Å². The van der Waals surface area contributed by atoms with Crippen LogP contribution in [0.2, 0.25) is 0 Å². The van der Waals surface area contributed by atoms with Crippen LogP contribution < -0.4 is 0 Å². The minimum atomic E-state index is -0.871. The molecule has 3 heteroatoms. The second-order valence-electron chi connectivity index (χ2n) is 2.90. The van der Waals surface area contributed by atoms with Crippen molar-refractivity contribution in [3.8, 4) is 0 Å². The Bertz CT molecular complexity index is 310. The molecular weight excluding hydrogens is 188 g/mol. The minimum absolute atomic E-state index is 0.111. The molecule has 1 unspecified atom stereocenters. The van der Waals surface area contributed by atoms with E-state index in [2.05, 4.69) is 0 Å². The van der Waals surface area contributed by atoms with Crippen LogP contribution in [-0.2, 0) is 4.79 Å². The van der Waals surface area contributed by atoms with Gasteiger partial charge in [0.2, 0.25) is 0 Å². The fourth-order valence-corrected chi connectivity index (χ4v) is 1.56. The Hall–Kier alpha value is -1.02. The van der Waals surface area contributed by atoms with E-state index >= 15 is 0 Å². The van der Waals surface area contributed by atoms with Gasteiger partial charge in [-0.3, -0.25) is 4.79 Å². The van der Waals surface area contributed by atoms with Gasteiger partial charge in [0, 0.05) is 5.88 Å². The maximum atomic E-state index is 10.8. The Morgan fingerprint density at radius 2 is 2.15 bits per heavy atom. The molecule has 13 heavy (non-hydrogen) atoms. The first-order valence-corrected chi connectivity index (χ1v) is 4.54. The van der Waals surface area contributed by atoms with Crippen LogP contribution in [0.25, 0.3) is 0 Å². The summed E-state index contributed by atoms with van der Waals surface area (Å²) < 4.78 is 0. The summed E-state index contributed by atoms with van der Waals surface area (Å²) in [6.07, 6.45) is 0. The fraction of sp³-hybridized carbons (Fsp3) is 0.300. The number of carboxylic acids is 1.